The molecule has 0 saturated carbocycles. The summed E-state index contributed by atoms with van der Waals surface area (Å²) in [4.78, 5) is 40.0. The Morgan fingerprint density at radius 1 is 0.833 bits per heavy atom. The quantitative estimate of drug-likeness (QED) is 0.443. The van der Waals surface area contributed by atoms with Crippen molar-refractivity contribution in [3.05, 3.63) is 77.6 Å². The highest BCUT2D eigenvalue weighted by atomic mass is 16.2. The number of carbonyl (C=O) groups excluding carboxylic acids is 3. The van der Waals surface area contributed by atoms with E-state index in [0.717, 1.165) is 0 Å². The minimum Gasteiger partial charge on any atom is -0.397 e. The van der Waals surface area contributed by atoms with Gasteiger partial charge in [-0.3, -0.25) is 9.59 Å². The van der Waals surface area contributed by atoms with Crippen LogP contribution < -0.4 is 27.4 Å². The van der Waals surface area contributed by atoms with Crippen LogP contribution >= 0.6 is 0 Å². The Kier molecular flexibility index (Phi) is 5.92. The highest BCUT2D eigenvalue weighted by Gasteiger charge is 2.12. The second-order valence-corrected chi connectivity index (χ2v) is 6.49. The number of hydrogen-bond acceptors (Lipinski definition) is 5. The Labute approximate surface area is 172 Å². The van der Waals surface area contributed by atoms with Crippen molar-refractivity contribution < 1.29 is 14.4 Å². The van der Waals surface area contributed by atoms with Crippen LogP contribution in [0.4, 0.5) is 27.5 Å². The lowest BCUT2D eigenvalue weighted by atomic mass is 10.1. The molecule has 4 amide bonds. The number of primary amides is 1. The molecule has 30 heavy (non-hydrogen) atoms. The maximum atomic E-state index is 12.5. The maximum Gasteiger partial charge on any atom is 0.316 e. The Bertz CT molecular complexity index is 1130. The topological polar surface area (TPSA) is 152 Å². The van der Waals surface area contributed by atoms with Gasteiger partial charge in [-0.25, -0.2) is 9.78 Å². The van der Waals surface area contributed by atoms with Gasteiger partial charge in [0, 0.05) is 22.6 Å². The third-order valence-electron chi connectivity index (χ3n) is 4.09. The lowest BCUT2D eigenvalue weighted by Gasteiger charge is -2.10. The molecule has 0 radical (unpaired) electrons. The molecule has 152 valence electrons. The molecule has 0 atom stereocenters. The number of anilines is 4. The second-order valence-electron chi connectivity index (χ2n) is 6.49. The van der Waals surface area contributed by atoms with Crippen LogP contribution in [0, 0.1) is 6.92 Å². The largest absolute Gasteiger partial charge is 0.397 e. The predicted molar refractivity (Wildman–Crippen MR) is 115 cm³/mol. The molecule has 3 rings (SSSR count). The summed E-state index contributed by atoms with van der Waals surface area (Å²) >= 11 is 0. The van der Waals surface area contributed by atoms with Gasteiger partial charge in [0.1, 0.15) is 5.69 Å². The van der Waals surface area contributed by atoms with E-state index in [0.29, 0.717) is 33.9 Å². The number of nitrogens with one attached hydrogen (secondary N) is 3. The molecule has 0 spiro atoms. The molecule has 0 aliphatic heterocycles. The third kappa shape index (κ3) is 5.10. The number of urea groups is 1. The van der Waals surface area contributed by atoms with E-state index in [1.807, 2.05) is 0 Å². The monoisotopic (exact) mass is 404 g/mol. The highest BCUT2D eigenvalue weighted by Crippen LogP contribution is 2.19. The SMILES string of the molecule is Cc1cc(N)cnc1C(=O)Nc1cccc(NC(=O)c2cccc(NC(N)=O)c2)c1. The van der Waals surface area contributed by atoms with Crippen LogP contribution in [0.15, 0.2) is 60.8 Å². The molecule has 0 fully saturated rings. The standard InChI is InChI=1S/C21H20N6O3/c1-12-8-14(22)11-24-18(12)20(29)26-17-7-3-6-16(10-17)25-19(28)13-4-2-5-15(9-13)27-21(23)30/h2-11H,22H2,1H3,(H,25,28)(H,26,29)(H3,23,27,30). The van der Waals surface area contributed by atoms with Gasteiger partial charge in [0.25, 0.3) is 11.8 Å². The number of aromatic nitrogens is 1. The molecule has 0 aliphatic carbocycles. The van der Waals surface area contributed by atoms with Gasteiger partial charge in [0.15, 0.2) is 0 Å². The number of aryl methyl sites for hydroxylation is 1. The fraction of sp³-hybridized carbons (Fsp3) is 0.0476. The first kappa shape index (κ1) is 20.3. The zero-order valence-corrected chi connectivity index (χ0v) is 16.1. The first-order chi connectivity index (χ1) is 14.3. The van der Waals surface area contributed by atoms with Gasteiger partial charge < -0.3 is 27.4 Å². The van der Waals surface area contributed by atoms with Gasteiger partial charge in [-0.2, -0.15) is 0 Å². The Hall–Kier alpha value is -4.40. The van der Waals surface area contributed by atoms with Gasteiger partial charge in [-0.15, -0.1) is 0 Å². The van der Waals surface area contributed by atoms with Gasteiger partial charge in [-0.1, -0.05) is 12.1 Å². The van der Waals surface area contributed by atoms with Gasteiger partial charge >= 0.3 is 6.03 Å². The Balaban J connectivity index is 1.71. The van der Waals surface area contributed by atoms with E-state index in [1.165, 1.54) is 12.3 Å². The van der Waals surface area contributed by atoms with Gasteiger partial charge in [-0.05, 0) is 55.0 Å². The van der Waals surface area contributed by atoms with Crippen LogP contribution in [0.5, 0.6) is 0 Å². The predicted octanol–water partition coefficient (Wildman–Crippen LogP) is 2.97. The molecule has 1 aromatic heterocycles. The van der Waals surface area contributed by atoms with Crippen molar-refractivity contribution in [2.24, 2.45) is 5.73 Å². The molecule has 0 unspecified atom stereocenters. The zero-order valence-electron chi connectivity index (χ0n) is 16.1. The van der Waals surface area contributed by atoms with Crippen LogP contribution in [0.25, 0.3) is 0 Å². The van der Waals surface area contributed by atoms with Crippen molar-refractivity contribution in [3.63, 3.8) is 0 Å². The van der Waals surface area contributed by atoms with E-state index < -0.39 is 6.03 Å². The summed E-state index contributed by atoms with van der Waals surface area (Å²) in [5.41, 5.74) is 13.9. The minimum absolute atomic E-state index is 0.261. The molecule has 0 aliphatic rings. The van der Waals surface area contributed by atoms with Crippen LogP contribution in [-0.2, 0) is 0 Å². The van der Waals surface area contributed by atoms with Crippen LogP contribution in [-0.4, -0.2) is 22.8 Å². The van der Waals surface area contributed by atoms with Crippen molar-refractivity contribution in [2.75, 3.05) is 21.7 Å². The van der Waals surface area contributed by atoms with Crippen molar-refractivity contribution in [1.29, 1.82) is 0 Å². The molecule has 2 aromatic carbocycles. The molecular weight excluding hydrogens is 384 g/mol. The summed E-state index contributed by atoms with van der Waals surface area (Å²) in [6.45, 7) is 1.75. The highest BCUT2D eigenvalue weighted by molar-refractivity contribution is 6.07. The number of pyridine rings is 1. The molecule has 3 aromatic rings. The van der Waals surface area contributed by atoms with Gasteiger partial charge in [0.2, 0.25) is 0 Å². The van der Waals surface area contributed by atoms with Crippen LogP contribution in [0.1, 0.15) is 26.4 Å². The van der Waals surface area contributed by atoms with Crippen molar-refractivity contribution in [3.8, 4) is 0 Å². The van der Waals surface area contributed by atoms with Gasteiger partial charge in [0.05, 0.1) is 11.9 Å². The number of benzene rings is 2. The van der Waals surface area contributed by atoms with E-state index in [4.69, 9.17) is 11.5 Å². The zero-order chi connectivity index (χ0) is 21.7. The summed E-state index contributed by atoms with van der Waals surface area (Å²) in [5.74, 6) is -0.774. The molecule has 7 N–H and O–H groups in total. The minimum atomic E-state index is -0.721. The maximum absolute atomic E-state index is 12.5. The number of nitrogen functional groups attached to an aromatic ring is 1. The molecule has 0 saturated heterocycles. The number of nitrogens with two attached hydrogens (primary N) is 2. The van der Waals surface area contributed by atoms with E-state index in [-0.39, 0.29) is 17.5 Å². The summed E-state index contributed by atoms with van der Waals surface area (Å²) in [6, 6.07) is 14.0. The van der Waals surface area contributed by atoms with E-state index in [1.54, 1.807) is 55.5 Å². The molecule has 9 nitrogen and oxygen atoms in total. The Morgan fingerprint density at radius 2 is 1.43 bits per heavy atom. The Morgan fingerprint density at radius 3 is 2.07 bits per heavy atom. The van der Waals surface area contributed by atoms with Crippen LogP contribution in [0.3, 0.4) is 0 Å². The first-order valence-electron chi connectivity index (χ1n) is 8.93. The lowest BCUT2D eigenvalue weighted by molar-refractivity contribution is 0.101. The number of hydrogen-bond donors (Lipinski definition) is 5. The van der Waals surface area contributed by atoms with Crippen molar-refractivity contribution in [2.45, 2.75) is 6.92 Å². The summed E-state index contributed by atoms with van der Waals surface area (Å²) in [6.07, 6.45) is 1.42. The molecular formula is C21H20N6O3. The van der Waals surface area contributed by atoms with Crippen molar-refractivity contribution in [1.82, 2.24) is 4.98 Å². The number of amides is 4. The number of carbonyl (C=O) groups is 3. The molecule has 9 heteroatoms. The average Bonchev–Trinajstić information content (AvgIpc) is 2.67. The summed E-state index contributed by atoms with van der Waals surface area (Å²) in [7, 11) is 0. The van der Waals surface area contributed by atoms with Crippen LogP contribution in [0.2, 0.25) is 0 Å². The van der Waals surface area contributed by atoms with E-state index >= 15 is 0 Å². The fourth-order valence-electron chi connectivity index (χ4n) is 2.78. The average molecular weight is 404 g/mol. The van der Waals surface area contributed by atoms with Crippen molar-refractivity contribution >= 4 is 40.6 Å². The number of nitrogens with zero attached hydrogens (tertiary/aromatic N) is 1. The normalized spacial score (nSPS) is 10.2. The summed E-state index contributed by atoms with van der Waals surface area (Å²) < 4.78 is 0. The smallest absolute Gasteiger partial charge is 0.316 e. The van der Waals surface area contributed by atoms with E-state index in [9.17, 15) is 14.4 Å². The summed E-state index contributed by atoms with van der Waals surface area (Å²) in [5, 5.41) is 7.91. The number of rotatable bonds is 5. The molecule has 1 heterocycles. The lowest BCUT2D eigenvalue weighted by Crippen LogP contribution is -2.20. The molecule has 0 bridgehead atoms. The third-order valence-corrected chi connectivity index (χ3v) is 4.09. The fourth-order valence-corrected chi connectivity index (χ4v) is 2.78. The second kappa shape index (κ2) is 8.74. The van der Waals surface area contributed by atoms with E-state index in [2.05, 4.69) is 20.9 Å². The first-order valence-corrected chi connectivity index (χ1v) is 8.93.